The number of aliphatic hydroxyl groups is 2. The van der Waals surface area contributed by atoms with Crippen LogP contribution in [-0.2, 0) is 33.4 Å². The van der Waals surface area contributed by atoms with E-state index in [0.717, 1.165) is 38.2 Å². The zero-order valence-corrected chi connectivity index (χ0v) is 27.7. The van der Waals surface area contributed by atoms with Gasteiger partial charge in [-0.25, -0.2) is 4.79 Å². The van der Waals surface area contributed by atoms with Gasteiger partial charge in [-0.05, 0) is 45.1 Å². The summed E-state index contributed by atoms with van der Waals surface area (Å²) in [5.74, 6) is -4.15. The topological polar surface area (TPSA) is 168 Å². The van der Waals surface area contributed by atoms with Crippen molar-refractivity contribution in [3.63, 3.8) is 0 Å². The highest BCUT2D eigenvalue weighted by Gasteiger charge is 2.32. The van der Waals surface area contributed by atoms with E-state index >= 15 is 0 Å². The molecule has 256 valence electrons. The molecule has 0 radical (unpaired) electrons. The molecule has 1 fully saturated rings. The molecule has 5 atom stereocenters. The molecule has 2 aliphatic carbocycles. The SMILES string of the molecule is CO[C@H]1/C=C/C=C/C=C\C[C@@H](OC(=O)[C@H](C)NC(=O)C2CCCCC2)[C@@H](C)[C@H](O)/C(C)=C/CCC2=C(O)C(=CC(=O)C2=O)NC(=O)C1. The molecule has 4 N–H and O–H groups in total. The Kier molecular flexibility index (Phi) is 14.6. The van der Waals surface area contributed by atoms with Gasteiger partial charge in [-0.15, -0.1) is 0 Å². The van der Waals surface area contributed by atoms with Crippen molar-refractivity contribution < 1.29 is 43.7 Å². The van der Waals surface area contributed by atoms with Crippen LogP contribution in [0, 0.1) is 11.8 Å². The Bertz CT molecular complexity index is 1360. The number of aliphatic hydroxyl groups excluding tert-OH is 2. The molecule has 47 heavy (non-hydrogen) atoms. The van der Waals surface area contributed by atoms with Crippen molar-refractivity contribution in [1.29, 1.82) is 0 Å². The molecular formula is C36H48N2O9. The number of rotatable bonds is 5. The molecule has 3 rings (SSSR count). The van der Waals surface area contributed by atoms with E-state index in [1.807, 2.05) is 6.08 Å². The highest BCUT2D eigenvalue weighted by molar-refractivity contribution is 6.48. The number of fused-ring (bicyclic) bond motifs is 1. The molecule has 1 aliphatic heterocycles. The van der Waals surface area contributed by atoms with Gasteiger partial charge in [-0.2, -0.15) is 0 Å². The van der Waals surface area contributed by atoms with Gasteiger partial charge in [0.25, 0.3) is 0 Å². The quantitative estimate of drug-likeness (QED) is 0.148. The van der Waals surface area contributed by atoms with Crippen LogP contribution < -0.4 is 10.6 Å². The van der Waals surface area contributed by atoms with E-state index in [4.69, 9.17) is 9.47 Å². The second-order valence-electron chi connectivity index (χ2n) is 12.4. The summed E-state index contributed by atoms with van der Waals surface area (Å²) in [4.78, 5) is 63.5. The average molecular weight is 653 g/mol. The van der Waals surface area contributed by atoms with Gasteiger partial charge < -0.3 is 30.3 Å². The molecule has 1 heterocycles. The number of allylic oxidation sites excluding steroid dienone is 7. The number of hydrogen-bond donors (Lipinski definition) is 4. The number of amides is 2. The minimum atomic E-state index is -1.03. The molecule has 11 nitrogen and oxygen atoms in total. The fraction of sp³-hybridized carbons (Fsp3) is 0.528. The second kappa shape index (κ2) is 18.3. The van der Waals surface area contributed by atoms with Crippen LogP contribution in [0.5, 0.6) is 0 Å². The Labute approximate surface area is 276 Å². The first-order valence-corrected chi connectivity index (χ1v) is 16.3. The number of esters is 1. The number of methoxy groups -OCH3 is 1. The highest BCUT2D eigenvalue weighted by Crippen LogP contribution is 2.26. The summed E-state index contributed by atoms with van der Waals surface area (Å²) in [5, 5.41) is 27.3. The minimum absolute atomic E-state index is 0.0173. The standard InChI is InChI=1S/C36H48N2O9/c1-22-14-13-18-27-33(42)28(21-29(39)34(27)43)38-31(40)20-26(46-4)17-11-6-5-7-12-19-30(23(2)32(22)41)47-36(45)24(3)37-35(44)25-15-9-8-10-16-25/h5-7,11-12,14,17,21,23-26,30,32,41-42H,8-10,13,15-16,18-20H2,1-4H3,(H,37,44)(H,38,40)/b6-5+,12-7-,17-11+,22-14+/t23-,24+,26+,30-,32-/m1/s1. The average Bonchev–Trinajstić information content (AvgIpc) is 3.06. The van der Waals surface area contributed by atoms with Crippen LogP contribution in [0.15, 0.2) is 71.2 Å². The molecule has 0 saturated heterocycles. The fourth-order valence-corrected chi connectivity index (χ4v) is 5.79. The van der Waals surface area contributed by atoms with Crippen LogP contribution in [0.4, 0.5) is 0 Å². The lowest BCUT2D eigenvalue weighted by Crippen LogP contribution is -2.45. The lowest BCUT2D eigenvalue weighted by atomic mass is 9.88. The number of nitrogens with one attached hydrogen (secondary N) is 2. The van der Waals surface area contributed by atoms with Gasteiger partial charge in [0.1, 0.15) is 17.9 Å². The lowest BCUT2D eigenvalue weighted by molar-refractivity contribution is -0.156. The molecule has 0 spiro atoms. The number of carbonyl (C=O) groups is 5. The van der Waals surface area contributed by atoms with Crippen molar-refractivity contribution in [3.05, 3.63) is 71.2 Å². The number of hydrogen-bond acceptors (Lipinski definition) is 9. The third kappa shape index (κ3) is 11.0. The van der Waals surface area contributed by atoms with Gasteiger partial charge in [0.05, 0.1) is 24.3 Å². The van der Waals surface area contributed by atoms with Gasteiger partial charge in [0, 0.05) is 37.0 Å². The third-order valence-electron chi connectivity index (χ3n) is 8.81. The Morgan fingerprint density at radius 1 is 1.06 bits per heavy atom. The molecule has 0 unspecified atom stereocenters. The molecule has 0 aromatic rings. The maximum absolute atomic E-state index is 13.1. The lowest BCUT2D eigenvalue weighted by Gasteiger charge is -2.29. The van der Waals surface area contributed by atoms with E-state index in [1.165, 1.54) is 7.11 Å². The zero-order chi connectivity index (χ0) is 34.5. The Morgan fingerprint density at radius 3 is 2.47 bits per heavy atom. The second-order valence-corrected chi connectivity index (χ2v) is 12.4. The van der Waals surface area contributed by atoms with Crippen LogP contribution in [0.2, 0.25) is 0 Å². The van der Waals surface area contributed by atoms with E-state index in [9.17, 15) is 34.2 Å². The summed E-state index contributed by atoms with van der Waals surface area (Å²) in [6.07, 6.45) is 15.7. The van der Waals surface area contributed by atoms with Gasteiger partial charge >= 0.3 is 5.97 Å². The summed E-state index contributed by atoms with van der Waals surface area (Å²) < 4.78 is 11.2. The zero-order valence-electron chi connectivity index (χ0n) is 27.7. The van der Waals surface area contributed by atoms with Crippen molar-refractivity contribution in [1.82, 2.24) is 10.6 Å². The Balaban J connectivity index is 1.83. The number of ketones is 2. The maximum atomic E-state index is 13.1. The summed E-state index contributed by atoms with van der Waals surface area (Å²) in [6, 6.07) is -0.865. The van der Waals surface area contributed by atoms with Crippen LogP contribution in [0.1, 0.15) is 78.6 Å². The van der Waals surface area contributed by atoms with Gasteiger partial charge in [0.2, 0.25) is 23.4 Å². The van der Waals surface area contributed by atoms with Crippen molar-refractivity contribution in [2.45, 2.75) is 103 Å². The molecule has 1 saturated carbocycles. The first-order chi connectivity index (χ1) is 22.4. The molecular weight excluding hydrogens is 604 g/mol. The molecule has 3 aliphatic rings. The predicted molar refractivity (Wildman–Crippen MR) is 176 cm³/mol. The number of carbonyl (C=O) groups excluding carboxylic acids is 5. The maximum Gasteiger partial charge on any atom is 0.328 e. The molecule has 2 amide bonds. The van der Waals surface area contributed by atoms with E-state index in [-0.39, 0.29) is 48.8 Å². The smallest absolute Gasteiger partial charge is 0.328 e. The normalized spacial score (nSPS) is 29.6. The monoisotopic (exact) mass is 652 g/mol. The third-order valence-corrected chi connectivity index (χ3v) is 8.81. The fourth-order valence-electron chi connectivity index (χ4n) is 5.79. The van der Waals surface area contributed by atoms with Crippen LogP contribution in [0.25, 0.3) is 0 Å². The molecule has 0 aromatic heterocycles. The van der Waals surface area contributed by atoms with E-state index in [2.05, 4.69) is 10.6 Å². The van der Waals surface area contributed by atoms with Gasteiger partial charge in [0.15, 0.2) is 0 Å². The summed E-state index contributed by atoms with van der Waals surface area (Å²) in [7, 11) is 1.44. The van der Waals surface area contributed by atoms with Gasteiger partial charge in [-0.3, -0.25) is 19.2 Å². The molecule has 0 aromatic carbocycles. The largest absolute Gasteiger partial charge is 0.505 e. The van der Waals surface area contributed by atoms with Crippen LogP contribution >= 0.6 is 0 Å². The summed E-state index contributed by atoms with van der Waals surface area (Å²) >= 11 is 0. The Morgan fingerprint density at radius 2 is 1.77 bits per heavy atom. The van der Waals surface area contributed by atoms with E-state index in [1.54, 1.807) is 57.2 Å². The number of Topliss-reactive ketones (excluding diaryl/α,β-unsaturated/α-hetero) is 1. The first kappa shape index (κ1) is 37.4. The molecule has 2 bridgehead atoms. The van der Waals surface area contributed by atoms with Crippen LogP contribution in [-0.4, -0.2) is 71.0 Å². The van der Waals surface area contributed by atoms with E-state index in [0.29, 0.717) is 5.57 Å². The minimum Gasteiger partial charge on any atom is -0.505 e. The van der Waals surface area contributed by atoms with Crippen LogP contribution in [0.3, 0.4) is 0 Å². The van der Waals surface area contributed by atoms with Crippen molar-refractivity contribution in [2.24, 2.45) is 11.8 Å². The van der Waals surface area contributed by atoms with E-state index < -0.39 is 59.5 Å². The molecule has 11 heteroatoms. The Hall–Kier alpha value is -4.09. The highest BCUT2D eigenvalue weighted by atomic mass is 16.5. The van der Waals surface area contributed by atoms with Crippen molar-refractivity contribution in [3.8, 4) is 0 Å². The van der Waals surface area contributed by atoms with Gasteiger partial charge in [-0.1, -0.05) is 68.7 Å². The van der Waals surface area contributed by atoms with Crippen molar-refractivity contribution in [2.75, 3.05) is 7.11 Å². The summed E-state index contributed by atoms with van der Waals surface area (Å²) in [6.45, 7) is 5.05. The number of ether oxygens (including phenoxy) is 2. The predicted octanol–water partition coefficient (Wildman–Crippen LogP) is 4.15. The summed E-state index contributed by atoms with van der Waals surface area (Å²) in [5.41, 5.74) is 0.244. The van der Waals surface area contributed by atoms with Crippen molar-refractivity contribution >= 4 is 29.4 Å². The first-order valence-electron chi connectivity index (χ1n) is 16.3.